The molecule has 0 radical (unpaired) electrons. The fourth-order valence-electron chi connectivity index (χ4n) is 6.09. The fourth-order valence-corrected chi connectivity index (χ4v) is 6.78. The summed E-state index contributed by atoms with van der Waals surface area (Å²) in [5.41, 5.74) is 0. The van der Waals surface area contributed by atoms with Crippen molar-refractivity contribution in [2.24, 2.45) is 0 Å². The van der Waals surface area contributed by atoms with Crippen molar-refractivity contribution in [3.8, 4) is 0 Å². The highest BCUT2D eigenvalue weighted by molar-refractivity contribution is 7.85. The van der Waals surface area contributed by atoms with Gasteiger partial charge in [0.1, 0.15) is 36.8 Å². The third-order valence-corrected chi connectivity index (χ3v) is 9.94. The molecule has 1 fully saturated rings. The van der Waals surface area contributed by atoms with Crippen LogP contribution in [-0.4, -0.2) is 96.0 Å². The van der Waals surface area contributed by atoms with Gasteiger partial charge in [-0.05, 0) is 12.8 Å². The lowest BCUT2D eigenvalue weighted by molar-refractivity contribution is -0.297. The first kappa shape index (κ1) is 46.7. The molecule has 0 aromatic carbocycles. The van der Waals surface area contributed by atoms with E-state index in [2.05, 4.69) is 13.8 Å². The Morgan fingerprint density at radius 2 is 1.02 bits per heavy atom. The van der Waals surface area contributed by atoms with E-state index in [1.807, 2.05) is 0 Å². The van der Waals surface area contributed by atoms with Gasteiger partial charge in [-0.1, -0.05) is 142 Å². The van der Waals surface area contributed by atoms with E-state index in [1.165, 1.54) is 89.9 Å². The van der Waals surface area contributed by atoms with E-state index in [1.54, 1.807) is 0 Å². The zero-order chi connectivity index (χ0) is 37.0. The van der Waals surface area contributed by atoms with Crippen LogP contribution in [0.1, 0.15) is 168 Å². The fraction of sp³-hybridized carbons (Fsp3) is 0.946. The minimum atomic E-state index is -4.59. The third-order valence-electron chi connectivity index (χ3n) is 9.19. The summed E-state index contributed by atoms with van der Waals surface area (Å²) >= 11 is 0. The lowest BCUT2D eigenvalue weighted by Crippen LogP contribution is -2.60. The second-order valence-electron chi connectivity index (χ2n) is 14.0. The molecule has 1 saturated heterocycles. The normalized spacial score (nSPS) is 21.6. The number of ether oxygens (including phenoxy) is 4. The van der Waals surface area contributed by atoms with E-state index >= 15 is 0 Å². The zero-order valence-electron chi connectivity index (χ0n) is 31.0. The Balaban J connectivity index is 2.52. The highest BCUT2D eigenvalue weighted by Crippen LogP contribution is 2.24. The van der Waals surface area contributed by atoms with Gasteiger partial charge in [0.05, 0.1) is 6.61 Å². The van der Waals surface area contributed by atoms with Crippen molar-refractivity contribution in [1.29, 1.82) is 0 Å². The number of rotatable bonds is 32. The monoisotopic (exact) mass is 738 g/mol. The first-order valence-corrected chi connectivity index (χ1v) is 21.2. The largest absolute Gasteiger partial charge is 0.462 e. The number of unbranched alkanes of at least 4 members (excludes halogenated alkanes) is 20. The van der Waals surface area contributed by atoms with Crippen LogP contribution in [0.15, 0.2) is 0 Å². The molecule has 1 heterocycles. The predicted octanol–water partition coefficient (Wildman–Crippen LogP) is 6.56. The standard InChI is InChI=1S/C37H70O12S/c1-3-5-7-9-11-13-15-17-19-21-23-25-32(38)46-27-30(48-33(39)26-24-22-20-18-16-14-12-10-8-6-4-2)28-47-37-36(42)35(41)34(40)31(49-37)29-50(43,44)45/h30-31,34-37,40-42H,3-29H2,1-2H3,(H,43,44,45)/t30?,31?,34-,35?,36+,37+/m1/s1. The Labute approximate surface area is 302 Å². The Hall–Kier alpha value is -1.35. The molecule has 0 bridgehead atoms. The van der Waals surface area contributed by atoms with Gasteiger partial charge in [0.2, 0.25) is 0 Å². The molecule has 13 heteroatoms. The lowest BCUT2D eigenvalue weighted by Gasteiger charge is -2.40. The Bertz CT molecular complexity index is 962. The van der Waals surface area contributed by atoms with Crippen LogP contribution < -0.4 is 0 Å². The predicted molar refractivity (Wildman–Crippen MR) is 192 cm³/mol. The van der Waals surface area contributed by atoms with E-state index in [9.17, 15) is 37.9 Å². The van der Waals surface area contributed by atoms with Gasteiger partial charge in [-0.15, -0.1) is 0 Å². The quantitative estimate of drug-likeness (QED) is 0.0332. The molecule has 3 unspecified atom stereocenters. The van der Waals surface area contributed by atoms with Crippen molar-refractivity contribution in [3.05, 3.63) is 0 Å². The molecule has 0 amide bonds. The summed E-state index contributed by atoms with van der Waals surface area (Å²) in [5, 5.41) is 30.7. The van der Waals surface area contributed by atoms with Crippen molar-refractivity contribution < 1.29 is 56.8 Å². The van der Waals surface area contributed by atoms with Gasteiger partial charge in [0.25, 0.3) is 10.1 Å². The van der Waals surface area contributed by atoms with Crippen LogP contribution in [0.5, 0.6) is 0 Å². The maximum Gasteiger partial charge on any atom is 0.306 e. The van der Waals surface area contributed by atoms with Gasteiger partial charge >= 0.3 is 11.9 Å². The van der Waals surface area contributed by atoms with Gasteiger partial charge in [-0.3, -0.25) is 14.1 Å². The molecule has 4 N–H and O–H groups in total. The summed E-state index contributed by atoms with van der Waals surface area (Å²) in [6.07, 6.45) is 15.9. The van der Waals surface area contributed by atoms with Crippen LogP contribution in [0.2, 0.25) is 0 Å². The average Bonchev–Trinajstić information content (AvgIpc) is 3.07. The molecule has 1 rings (SSSR count). The first-order valence-electron chi connectivity index (χ1n) is 19.6. The zero-order valence-corrected chi connectivity index (χ0v) is 31.8. The Morgan fingerprint density at radius 1 is 0.600 bits per heavy atom. The first-order chi connectivity index (χ1) is 24.0. The van der Waals surface area contributed by atoms with Gasteiger partial charge in [-0.25, -0.2) is 0 Å². The maximum absolute atomic E-state index is 12.7. The van der Waals surface area contributed by atoms with Crippen LogP contribution in [-0.2, 0) is 38.7 Å². The summed E-state index contributed by atoms with van der Waals surface area (Å²) in [6.45, 7) is 3.72. The maximum atomic E-state index is 12.7. The molecule has 12 nitrogen and oxygen atoms in total. The van der Waals surface area contributed by atoms with Crippen molar-refractivity contribution in [2.45, 2.75) is 205 Å². The number of hydrogen-bond acceptors (Lipinski definition) is 11. The molecule has 0 aromatic rings. The minimum absolute atomic E-state index is 0.171. The Kier molecular flexibility index (Phi) is 27.2. The minimum Gasteiger partial charge on any atom is -0.462 e. The average molecular weight is 739 g/mol. The molecule has 50 heavy (non-hydrogen) atoms. The van der Waals surface area contributed by atoms with E-state index in [0.29, 0.717) is 12.8 Å². The SMILES string of the molecule is CCCCCCCCCCCCCC(=O)OCC(CO[C@H]1OC(CS(=O)(=O)O)[C@@H](O)C(O)[C@@H]1O)OC(=O)CCCCCCCCCCCCC. The van der Waals surface area contributed by atoms with Gasteiger partial charge in [0.15, 0.2) is 12.4 Å². The van der Waals surface area contributed by atoms with Gasteiger partial charge in [-0.2, -0.15) is 8.42 Å². The van der Waals surface area contributed by atoms with Crippen molar-refractivity contribution in [3.63, 3.8) is 0 Å². The summed E-state index contributed by atoms with van der Waals surface area (Å²) in [4.78, 5) is 25.2. The van der Waals surface area contributed by atoms with Crippen LogP contribution in [0.4, 0.5) is 0 Å². The van der Waals surface area contributed by atoms with E-state index < -0.39 is 71.2 Å². The number of carbonyl (C=O) groups excluding carboxylic acids is 2. The highest BCUT2D eigenvalue weighted by Gasteiger charge is 2.46. The smallest absolute Gasteiger partial charge is 0.306 e. The molecular formula is C37H70O12S. The molecular weight excluding hydrogens is 668 g/mol. The third kappa shape index (κ3) is 24.0. The van der Waals surface area contributed by atoms with Crippen LogP contribution >= 0.6 is 0 Å². The highest BCUT2D eigenvalue weighted by atomic mass is 32.2. The lowest BCUT2D eigenvalue weighted by atomic mass is 10.00. The van der Waals surface area contributed by atoms with Crippen LogP contribution in [0, 0.1) is 0 Å². The summed E-state index contributed by atoms with van der Waals surface area (Å²) < 4.78 is 53.8. The Morgan fingerprint density at radius 3 is 1.46 bits per heavy atom. The molecule has 1 aliphatic heterocycles. The van der Waals surface area contributed by atoms with E-state index in [-0.39, 0.29) is 19.4 Å². The second-order valence-corrected chi connectivity index (χ2v) is 15.5. The summed E-state index contributed by atoms with van der Waals surface area (Å²) in [7, 11) is -4.59. The molecule has 1 aliphatic rings. The van der Waals surface area contributed by atoms with E-state index in [0.717, 1.165) is 38.5 Å². The van der Waals surface area contributed by atoms with Crippen LogP contribution in [0.25, 0.3) is 0 Å². The van der Waals surface area contributed by atoms with Gasteiger partial charge < -0.3 is 34.3 Å². The topological polar surface area (TPSA) is 186 Å². The van der Waals surface area contributed by atoms with Crippen LogP contribution in [0.3, 0.4) is 0 Å². The number of esters is 2. The molecule has 6 atom stereocenters. The number of aliphatic hydroxyl groups excluding tert-OH is 3. The van der Waals surface area contributed by atoms with E-state index in [4.69, 9.17) is 18.9 Å². The molecule has 0 aliphatic carbocycles. The number of carbonyl (C=O) groups is 2. The second kappa shape index (κ2) is 29.1. The van der Waals surface area contributed by atoms with Crippen molar-refractivity contribution >= 4 is 22.1 Å². The molecule has 296 valence electrons. The van der Waals surface area contributed by atoms with Gasteiger partial charge in [0, 0.05) is 12.8 Å². The molecule has 0 aromatic heterocycles. The van der Waals surface area contributed by atoms with Crippen molar-refractivity contribution in [1.82, 2.24) is 0 Å². The molecule has 0 saturated carbocycles. The summed E-state index contributed by atoms with van der Waals surface area (Å²) in [5.74, 6) is -1.97. The van der Waals surface area contributed by atoms with Crippen molar-refractivity contribution in [2.75, 3.05) is 19.0 Å². The summed E-state index contributed by atoms with van der Waals surface area (Å²) in [6, 6.07) is 0. The molecule has 0 spiro atoms. The number of hydrogen-bond donors (Lipinski definition) is 4. The number of aliphatic hydroxyl groups is 3.